The first kappa shape index (κ1) is 9.79. The highest BCUT2D eigenvalue weighted by Gasteiger charge is 1.97. The lowest BCUT2D eigenvalue weighted by Gasteiger charge is -2.01. The Kier molecular flexibility index (Phi) is 3.07. The maximum absolute atomic E-state index is 10.2. The molecule has 1 aromatic heterocycles. The summed E-state index contributed by atoms with van der Waals surface area (Å²) >= 11 is 4.99. The van der Waals surface area contributed by atoms with Gasteiger partial charge in [-0.2, -0.15) is 0 Å². The molecule has 1 aromatic rings. The number of ether oxygens (including phenoxy) is 1. The molecule has 0 spiro atoms. The van der Waals surface area contributed by atoms with Gasteiger partial charge in [0.15, 0.2) is 4.77 Å². The lowest BCUT2D eigenvalue weighted by Crippen LogP contribution is -2.16. The number of aromatic nitrogens is 2. The van der Waals surface area contributed by atoms with Crippen LogP contribution in [0, 0.1) is 11.7 Å². The topological polar surface area (TPSA) is 73.0 Å². The molecule has 1 heterocycles. The molecule has 13 heavy (non-hydrogen) atoms. The number of amides is 1. The maximum atomic E-state index is 10.2. The number of nitrogens with one attached hydrogen (secondary N) is 1. The molecule has 0 radical (unpaired) electrons. The summed E-state index contributed by atoms with van der Waals surface area (Å²) in [5.74, 6) is 0. The van der Waals surface area contributed by atoms with Gasteiger partial charge in [0, 0.05) is 11.9 Å². The van der Waals surface area contributed by atoms with Gasteiger partial charge in [0.05, 0.1) is 6.54 Å². The van der Waals surface area contributed by atoms with Crippen molar-refractivity contribution in [2.45, 2.75) is 13.5 Å². The second kappa shape index (κ2) is 4.08. The fourth-order valence-electron chi connectivity index (χ4n) is 0.976. The van der Waals surface area contributed by atoms with Crippen molar-refractivity contribution in [3.63, 3.8) is 0 Å². The van der Waals surface area contributed by atoms with E-state index >= 15 is 0 Å². The molecule has 0 bridgehead atoms. The summed E-state index contributed by atoms with van der Waals surface area (Å²) in [5.41, 5.74) is 5.77. The Morgan fingerprint density at radius 1 is 1.85 bits per heavy atom. The lowest BCUT2D eigenvalue weighted by atomic mass is 10.5. The van der Waals surface area contributed by atoms with Gasteiger partial charge < -0.3 is 20.0 Å². The summed E-state index contributed by atoms with van der Waals surface area (Å²) in [7, 11) is 0. The van der Waals surface area contributed by atoms with E-state index < -0.39 is 6.09 Å². The summed E-state index contributed by atoms with van der Waals surface area (Å²) < 4.78 is 6.97. The minimum atomic E-state index is -0.765. The molecule has 0 fully saturated rings. The average molecular weight is 201 g/mol. The van der Waals surface area contributed by atoms with Crippen LogP contribution in [-0.4, -0.2) is 22.3 Å². The summed E-state index contributed by atoms with van der Waals surface area (Å²) in [6.07, 6.45) is 1.09. The van der Waals surface area contributed by atoms with E-state index in [1.807, 2.05) is 13.1 Å². The van der Waals surface area contributed by atoms with Crippen molar-refractivity contribution in [3.05, 3.63) is 16.7 Å². The normalized spacial score (nSPS) is 9.92. The van der Waals surface area contributed by atoms with Crippen molar-refractivity contribution in [2.75, 3.05) is 6.61 Å². The highest BCUT2D eigenvalue weighted by Crippen LogP contribution is 1.96. The fraction of sp³-hybridized carbons (Fsp3) is 0.429. The van der Waals surface area contributed by atoms with E-state index in [4.69, 9.17) is 18.0 Å². The molecule has 0 aromatic carbocycles. The number of carbonyl (C=O) groups excluding carboxylic acids is 1. The van der Waals surface area contributed by atoms with Crippen LogP contribution in [0.2, 0.25) is 0 Å². The molecule has 0 aliphatic rings. The van der Waals surface area contributed by atoms with Crippen molar-refractivity contribution in [2.24, 2.45) is 5.73 Å². The zero-order valence-electron chi connectivity index (χ0n) is 7.24. The molecule has 6 heteroatoms. The van der Waals surface area contributed by atoms with Gasteiger partial charge >= 0.3 is 6.09 Å². The highest BCUT2D eigenvalue weighted by atomic mass is 32.1. The number of H-pyrrole nitrogens is 1. The number of aromatic amines is 1. The van der Waals surface area contributed by atoms with Crippen molar-refractivity contribution >= 4 is 18.3 Å². The molecule has 1 rings (SSSR count). The predicted molar refractivity (Wildman–Crippen MR) is 49.9 cm³/mol. The average Bonchev–Trinajstić information content (AvgIpc) is 2.29. The van der Waals surface area contributed by atoms with Gasteiger partial charge in [-0.05, 0) is 19.1 Å². The molecule has 0 unspecified atom stereocenters. The molecule has 5 nitrogen and oxygen atoms in total. The quantitative estimate of drug-likeness (QED) is 0.715. The van der Waals surface area contributed by atoms with Gasteiger partial charge in [0.2, 0.25) is 0 Å². The first-order valence-electron chi connectivity index (χ1n) is 3.78. The largest absolute Gasteiger partial charge is 0.448 e. The van der Waals surface area contributed by atoms with Gasteiger partial charge in [-0.15, -0.1) is 0 Å². The van der Waals surface area contributed by atoms with E-state index in [1.54, 1.807) is 4.57 Å². The minimum Gasteiger partial charge on any atom is -0.448 e. The molecule has 0 saturated heterocycles. The van der Waals surface area contributed by atoms with Crippen LogP contribution < -0.4 is 5.73 Å². The Morgan fingerprint density at radius 3 is 3.00 bits per heavy atom. The van der Waals surface area contributed by atoms with Crippen LogP contribution in [0.5, 0.6) is 0 Å². The lowest BCUT2D eigenvalue weighted by molar-refractivity contribution is 0.152. The molecular weight excluding hydrogens is 190 g/mol. The predicted octanol–water partition coefficient (Wildman–Crippen LogP) is 0.949. The van der Waals surface area contributed by atoms with Gasteiger partial charge in [0.25, 0.3) is 0 Å². The Labute approximate surface area is 80.5 Å². The van der Waals surface area contributed by atoms with Gasteiger partial charge in [0.1, 0.15) is 6.61 Å². The Balaban J connectivity index is 2.50. The van der Waals surface area contributed by atoms with Gasteiger partial charge in [-0.3, -0.25) is 0 Å². The number of aryl methyl sites for hydroxylation is 1. The Bertz CT molecular complexity index is 355. The van der Waals surface area contributed by atoms with E-state index in [0.717, 1.165) is 5.69 Å². The number of hydrogen-bond donors (Lipinski definition) is 2. The number of primary amides is 1. The SMILES string of the molecule is Cc1cn(CCOC(N)=O)c(=S)[nH]1. The zero-order valence-corrected chi connectivity index (χ0v) is 8.06. The molecule has 0 aliphatic heterocycles. The summed E-state index contributed by atoms with van der Waals surface area (Å²) in [4.78, 5) is 13.2. The summed E-state index contributed by atoms with van der Waals surface area (Å²) in [6.45, 7) is 2.66. The zero-order chi connectivity index (χ0) is 9.84. The fourth-order valence-corrected chi connectivity index (χ4v) is 1.28. The van der Waals surface area contributed by atoms with Crippen LogP contribution >= 0.6 is 12.2 Å². The number of rotatable bonds is 3. The number of nitrogens with zero attached hydrogens (tertiary/aromatic N) is 1. The first-order valence-corrected chi connectivity index (χ1v) is 4.18. The van der Waals surface area contributed by atoms with E-state index in [9.17, 15) is 4.79 Å². The van der Waals surface area contributed by atoms with Crippen LogP contribution in [0.4, 0.5) is 4.79 Å². The monoisotopic (exact) mass is 201 g/mol. The maximum Gasteiger partial charge on any atom is 0.404 e. The van der Waals surface area contributed by atoms with Crippen LogP contribution in [0.25, 0.3) is 0 Å². The van der Waals surface area contributed by atoms with Crippen molar-refractivity contribution in [1.82, 2.24) is 9.55 Å². The number of imidazole rings is 1. The summed E-state index contributed by atoms with van der Waals surface area (Å²) in [6, 6.07) is 0. The van der Waals surface area contributed by atoms with Crippen LogP contribution in [-0.2, 0) is 11.3 Å². The first-order chi connectivity index (χ1) is 6.09. The second-order valence-corrected chi connectivity index (χ2v) is 2.99. The molecule has 0 atom stereocenters. The third kappa shape index (κ3) is 2.90. The van der Waals surface area contributed by atoms with E-state index in [2.05, 4.69) is 9.72 Å². The van der Waals surface area contributed by atoms with Crippen molar-refractivity contribution in [1.29, 1.82) is 0 Å². The molecule has 72 valence electrons. The number of nitrogens with two attached hydrogens (primary N) is 1. The number of hydrogen-bond acceptors (Lipinski definition) is 3. The van der Waals surface area contributed by atoms with E-state index in [0.29, 0.717) is 11.3 Å². The molecule has 0 aliphatic carbocycles. The van der Waals surface area contributed by atoms with Crippen molar-refractivity contribution in [3.8, 4) is 0 Å². The third-order valence-electron chi connectivity index (χ3n) is 1.49. The molecule has 0 saturated carbocycles. The Morgan fingerprint density at radius 2 is 2.54 bits per heavy atom. The smallest absolute Gasteiger partial charge is 0.404 e. The second-order valence-electron chi connectivity index (χ2n) is 2.60. The van der Waals surface area contributed by atoms with E-state index in [-0.39, 0.29) is 6.61 Å². The molecule has 3 N–H and O–H groups in total. The van der Waals surface area contributed by atoms with Crippen LogP contribution in [0.1, 0.15) is 5.69 Å². The number of carbonyl (C=O) groups is 1. The van der Waals surface area contributed by atoms with Crippen LogP contribution in [0.3, 0.4) is 0 Å². The standard InChI is InChI=1S/C7H11N3O2S/c1-5-4-10(7(13)9-5)2-3-12-6(8)11/h4H,2-3H2,1H3,(H2,8,11)(H,9,13). The minimum absolute atomic E-state index is 0.237. The van der Waals surface area contributed by atoms with E-state index in [1.165, 1.54) is 0 Å². The van der Waals surface area contributed by atoms with Crippen LogP contribution in [0.15, 0.2) is 6.20 Å². The highest BCUT2D eigenvalue weighted by molar-refractivity contribution is 7.71. The molecule has 1 amide bonds. The Hall–Kier alpha value is -1.30. The molecular formula is C7H11N3O2S. The van der Waals surface area contributed by atoms with Gasteiger partial charge in [-0.25, -0.2) is 4.79 Å². The van der Waals surface area contributed by atoms with Gasteiger partial charge in [-0.1, -0.05) is 0 Å². The van der Waals surface area contributed by atoms with Crippen molar-refractivity contribution < 1.29 is 9.53 Å². The third-order valence-corrected chi connectivity index (χ3v) is 1.83. The summed E-state index contributed by atoms with van der Waals surface area (Å²) in [5, 5.41) is 0.